The molecule has 3 aromatic carbocycles. The second-order valence-corrected chi connectivity index (χ2v) is 8.64. The number of anilines is 2. The van der Waals surface area contributed by atoms with Crippen molar-refractivity contribution in [1.29, 1.82) is 0 Å². The van der Waals surface area contributed by atoms with Gasteiger partial charge in [-0.3, -0.25) is 14.4 Å². The maximum atomic E-state index is 13.9. The van der Waals surface area contributed by atoms with Crippen molar-refractivity contribution < 1.29 is 28.3 Å². The minimum absolute atomic E-state index is 0.186. The quantitative estimate of drug-likeness (QED) is 0.411. The number of para-hydroxylation sites is 1. The molecule has 0 aliphatic carbocycles. The number of nitrogens with zero attached hydrogens (tertiary/aromatic N) is 2. The van der Waals surface area contributed by atoms with E-state index in [1.54, 1.807) is 5.06 Å². The van der Waals surface area contributed by atoms with Crippen LogP contribution >= 0.6 is 0 Å². The number of rotatable bonds is 8. The summed E-state index contributed by atoms with van der Waals surface area (Å²) < 4.78 is 25.6. The number of benzene rings is 3. The third-order valence-corrected chi connectivity index (χ3v) is 6.26. The molecule has 3 atom stereocenters. The van der Waals surface area contributed by atoms with Crippen molar-refractivity contribution in [3.63, 3.8) is 0 Å². The summed E-state index contributed by atoms with van der Waals surface area (Å²) in [6, 6.07) is 19.7. The molecule has 8 heteroatoms. The minimum Gasteiger partial charge on any atom is -0.490 e. The molecular formula is C28H27FN2O5. The number of ether oxygens (including phenoxy) is 2. The van der Waals surface area contributed by atoms with Gasteiger partial charge in [-0.2, -0.15) is 0 Å². The molecule has 0 aromatic heterocycles. The molecular weight excluding hydrogens is 463 g/mol. The van der Waals surface area contributed by atoms with E-state index in [0.717, 1.165) is 16.9 Å². The Bertz CT molecular complexity index is 1270. The summed E-state index contributed by atoms with van der Waals surface area (Å²) in [6.07, 6.45) is -0.195. The molecule has 2 saturated heterocycles. The molecule has 0 N–H and O–H groups in total. The molecule has 0 spiro atoms. The van der Waals surface area contributed by atoms with Gasteiger partial charge < -0.3 is 9.47 Å². The molecule has 3 aromatic rings. The van der Waals surface area contributed by atoms with Crippen molar-refractivity contribution in [3.05, 3.63) is 84.2 Å². The van der Waals surface area contributed by atoms with Gasteiger partial charge in [0.2, 0.25) is 5.91 Å². The summed E-state index contributed by atoms with van der Waals surface area (Å²) in [6.45, 7) is 4.89. The Hall–Kier alpha value is -3.91. The van der Waals surface area contributed by atoms with E-state index >= 15 is 0 Å². The van der Waals surface area contributed by atoms with Crippen LogP contribution in [-0.4, -0.2) is 31.1 Å². The molecule has 2 aliphatic heterocycles. The van der Waals surface area contributed by atoms with Gasteiger partial charge in [0.05, 0.1) is 30.6 Å². The predicted molar refractivity (Wildman–Crippen MR) is 132 cm³/mol. The van der Waals surface area contributed by atoms with Gasteiger partial charge in [0, 0.05) is 0 Å². The number of carbonyl (C=O) groups is 2. The summed E-state index contributed by atoms with van der Waals surface area (Å²) in [4.78, 5) is 34.3. The molecule has 36 heavy (non-hydrogen) atoms. The fraction of sp³-hybridized carbons (Fsp3) is 0.286. The maximum absolute atomic E-state index is 13.9. The lowest BCUT2D eigenvalue weighted by Crippen LogP contribution is -2.37. The van der Waals surface area contributed by atoms with Gasteiger partial charge in [-0.25, -0.2) is 14.4 Å². The molecule has 0 bridgehead atoms. The van der Waals surface area contributed by atoms with Crippen molar-refractivity contribution in [2.75, 3.05) is 23.2 Å². The van der Waals surface area contributed by atoms with Crippen molar-refractivity contribution in [3.8, 4) is 11.5 Å². The van der Waals surface area contributed by atoms with E-state index in [1.165, 1.54) is 24.3 Å². The fourth-order valence-electron chi connectivity index (χ4n) is 4.73. The molecule has 0 saturated carbocycles. The number of hydrogen-bond acceptors (Lipinski definition) is 6. The lowest BCUT2D eigenvalue weighted by atomic mass is 9.90. The van der Waals surface area contributed by atoms with Crippen LogP contribution in [-0.2, 0) is 14.4 Å². The Morgan fingerprint density at radius 2 is 1.64 bits per heavy atom. The first kappa shape index (κ1) is 23.8. The first-order valence-electron chi connectivity index (χ1n) is 12.1. The number of halogens is 1. The van der Waals surface area contributed by atoms with Crippen molar-refractivity contribution >= 4 is 23.2 Å². The van der Waals surface area contributed by atoms with Crippen LogP contribution in [0.25, 0.3) is 0 Å². The van der Waals surface area contributed by atoms with Gasteiger partial charge in [-0.1, -0.05) is 37.3 Å². The lowest BCUT2D eigenvalue weighted by molar-refractivity contribution is -0.126. The van der Waals surface area contributed by atoms with Gasteiger partial charge in [0.25, 0.3) is 5.91 Å². The fourth-order valence-corrected chi connectivity index (χ4v) is 4.73. The zero-order chi connectivity index (χ0) is 25.2. The maximum Gasteiger partial charge on any atom is 0.266 e. The Morgan fingerprint density at radius 1 is 0.861 bits per heavy atom. The third-order valence-electron chi connectivity index (χ3n) is 6.26. The smallest absolute Gasteiger partial charge is 0.266 e. The molecule has 0 unspecified atom stereocenters. The van der Waals surface area contributed by atoms with Crippen LogP contribution in [0.1, 0.15) is 31.9 Å². The Kier molecular flexibility index (Phi) is 6.61. The first-order valence-corrected chi connectivity index (χ1v) is 12.1. The molecule has 5 rings (SSSR count). The number of fused-ring (bicyclic) bond motifs is 1. The highest BCUT2D eigenvalue weighted by atomic mass is 19.1. The molecule has 2 heterocycles. The van der Waals surface area contributed by atoms with E-state index in [4.69, 9.17) is 14.3 Å². The summed E-state index contributed by atoms with van der Waals surface area (Å²) in [7, 11) is 0. The number of hydrogen-bond donors (Lipinski definition) is 0. The van der Waals surface area contributed by atoms with E-state index in [9.17, 15) is 14.0 Å². The number of amides is 2. The molecule has 186 valence electrons. The lowest BCUT2D eigenvalue weighted by Gasteiger charge is -2.29. The van der Waals surface area contributed by atoms with Gasteiger partial charge in [-0.15, -0.1) is 0 Å². The summed E-state index contributed by atoms with van der Waals surface area (Å²) in [5.41, 5.74) is 1.63. The average Bonchev–Trinajstić information content (AvgIpc) is 3.39. The van der Waals surface area contributed by atoms with Gasteiger partial charge in [0.1, 0.15) is 11.7 Å². The minimum atomic E-state index is -1.04. The van der Waals surface area contributed by atoms with E-state index in [0.29, 0.717) is 30.4 Å². The standard InChI is InChI=1S/C28H27FN2O5/c1-3-15-35-22-14-13-18(16-23(22)34-4-2)25-24-26(36-31(25)20-10-6-5-7-11-20)28(33)30(27(24)32)21-12-8-9-19(29)17-21/h5-14,16-17,24-26H,3-4,15H2,1-2H3/t24-,25+,26+/m1/s1. The van der Waals surface area contributed by atoms with Crippen LogP contribution < -0.4 is 19.4 Å². The topological polar surface area (TPSA) is 68.3 Å². The Balaban J connectivity index is 1.58. The second kappa shape index (κ2) is 9.99. The van der Waals surface area contributed by atoms with Crippen molar-refractivity contribution in [2.45, 2.75) is 32.4 Å². The first-order chi connectivity index (χ1) is 17.5. The van der Waals surface area contributed by atoms with E-state index in [-0.39, 0.29) is 5.69 Å². The van der Waals surface area contributed by atoms with Gasteiger partial charge >= 0.3 is 0 Å². The Labute approximate surface area is 208 Å². The zero-order valence-corrected chi connectivity index (χ0v) is 20.1. The monoisotopic (exact) mass is 490 g/mol. The number of hydroxylamine groups is 1. The van der Waals surface area contributed by atoms with Gasteiger partial charge in [0.15, 0.2) is 17.6 Å². The molecule has 2 fully saturated rings. The van der Waals surface area contributed by atoms with Crippen LogP contribution in [0.3, 0.4) is 0 Å². The average molecular weight is 491 g/mol. The summed E-state index contributed by atoms with van der Waals surface area (Å²) >= 11 is 0. The zero-order valence-electron chi connectivity index (χ0n) is 20.1. The van der Waals surface area contributed by atoms with Crippen LogP contribution in [0.2, 0.25) is 0 Å². The second-order valence-electron chi connectivity index (χ2n) is 8.64. The molecule has 0 radical (unpaired) electrons. The normalized spacial score (nSPS) is 21.1. The summed E-state index contributed by atoms with van der Waals surface area (Å²) in [5.74, 6) is -1.16. The third kappa shape index (κ3) is 4.18. The van der Waals surface area contributed by atoms with Crippen LogP contribution in [0.5, 0.6) is 11.5 Å². The molecule has 2 amide bonds. The van der Waals surface area contributed by atoms with E-state index in [2.05, 4.69) is 0 Å². The van der Waals surface area contributed by atoms with Crippen LogP contribution in [0.4, 0.5) is 15.8 Å². The van der Waals surface area contributed by atoms with E-state index < -0.39 is 35.7 Å². The van der Waals surface area contributed by atoms with Crippen molar-refractivity contribution in [1.82, 2.24) is 0 Å². The highest BCUT2D eigenvalue weighted by Gasteiger charge is 2.60. The summed E-state index contributed by atoms with van der Waals surface area (Å²) in [5, 5.41) is 1.62. The Morgan fingerprint density at radius 3 is 2.36 bits per heavy atom. The van der Waals surface area contributed by atoms with E-state index in [1.807, 2.05) is 62.4 Å². The number of carbonyl (C=O) groups excluding carboxylic acids is 2. The SMILES string of the molecule is CCCOc1ccc([C@H]2[C@H]3C(=O)N(c4cccc(F)c4)C(=O)[C@H]3ON2c2ccccc2)cc1OCC. The van der Waals surface area contributed by atoms with Crippen molar-refractivity contribution in [2.24, 2.45) is 5.92 Å². The highest BCUT2D eigenvalue weighted by Crippen LogP contribution is 2.48. The van der Waals surface area contributed by atoms with Crippen LogP contribution in [0.15, 0.2) is 72.8 Å². The molecule has 7 nitrogen and oxygen atoms in total. The molecule has 2 aliphatic rings. The highest BCUT2D eigenvalue weighted by molar-refractivity contribution is 6.23. The number of imide groups is 1. The van der Waals surface area contributed by atoms with Gasteiger partial charge in [-0.05, 0) is 61.4 Å². The van der Waals surface area contributed by atoms with Crippen LogP contribution in [0, 0.1) is 11.7 Å². The predicted octanol–water partition coefficient (Wildman–Crippen LogP) is 5.06. The largest absolute Gasteiger partial charge is 0.490 e.